The monoisotopic (exact) mass is 372 g/mol. The average Bonchev–Trinajstić information content (AvgIpc) is 3.05. The van der Waals surface area contributed by atoms with Crippen LogP contribution in [0.5, 0.6) is 5.75 Å². The van der Waals surface area contributed by atoms with Gasteiger partial charge in [-0.2, -0.15) is 0 Å². The number of rotatable bonds is 6. The highest BCUT2D eigenvalue weighted by atomic mass is 32.2. The van der Waals surface area contributed by atoms with Gasteiger partial charge in [-0.25, -0.2) is 13.1 Å². The number of H-pyrrole nitrogens is 1. The summed E-state index contributed by atoms with van der Waals surface area (Å²) in [5.41, 5.74) is 2.59. The molecule has 0 amide bonds. The predicted octanol–water partition coefficient (Wildman–Crippen LogP) is 3.74. The number of aryl methyl sites for hydroxylation is 1. The summed E-state index contributed by atoms with van der Waals surface area (Å²) in [5.74, 6) is 0.341. The second kappa shape index (κ2) is 6.78. The minimum atomic E-state index is -3.69. The van der Waals surface area contributed by atoms with Gasteiger partial charge >= 0.3 is 0 Å². The zero-order valence-corrected chi connectivity index (χ0v) is 16.3. The molecule has 26 heavy (non-hydrogen) atoms. The van der Waals surface area contributed by atoms with E-state index in [-0.39, 0.29) is 16.9 Å². The van der Waals surface area contributed by atoms with Crippen LogP contribution in [0.3, 0.4) is 0 Å². The Morgan fingerprint density at radius 2 is 1.88 bits per heavy atom. The number of aromatic amines is 1. The molecule has 1 aromatic heterocycles. The number of fused-ring (bicyclic) bond motifs is 1. The van der Waals surface area contributed by atoms with E-state index in [1.165, 1.54) is 7.11 Å². The Morgan fingerprint density at radius 3 is 2.62 bits per heavy atom. The zero-order chi connectivity index (χ0) is 18.9. The number of aromatic nitrogens is 1. The van der Waals surface area contributed by atoms with Crippen LogP contribution in [-0.2, 0) is 15.4 Å². The van der Waals surface area contributed by atoms with Crippen LogP contribution in [0, 0.1) is 6.92 Å². The largest absolute Gasteiger partial charge is 0.495 e. The van der Waals surface area contributed by atoms with Crippen molar-refractivity contribution in [3.05, 3.63) is 59.8 Å². The minimum Gasteiger partial charge on any atom is -0.495 e. The summed E-state index contributed by atoms with van der Waals surface area (Å²) in [6.45, 7) is 6.18. The maximum absolute atomic E-state index is 12.8. The average molecular weight is 372 g/mol. The third kappa shape index (κ3) is 3.48. The van der Waals surface area contributed by atoms with Crippen LogP contribution < -0.4 is 9.46 Å². The molecule has 1 heterocycles. The molecule has 3 rings (SSSR count). The summed E-state index contributed by atoms with van der Waals surface area (Å²) in [6, 6.07) is 13.1. The molecule has 0 fully saturated rings. The van der Waals surface area contributed by atoms with Crippen LogP contribution in [0.2, 0.25) is 0 Å². The van der Waals surface area contributed by atoms with Crippen LogP contribution in [0.1, 0.15) is 25.0 Å². The lowest BCUT2D eigenvalue weighted by molar-refractivity contribution is 0.401. The Hall–Kier alpha value is -2.31. The highest BCUT2D eigenvalue weighted by molar-refractivity contribution is 7.89. The first-order valence-corrected chi connectivity index (χ1v) is 9.94. The molecule has 2 aromatic carbocycles. The Labute approximate surface area is 154 Å². The first-order valence-electron chi connectivity index (χ1n) is 8.45. The number of methoxy groups -OCH3 is 1. The fourth-order valence-corrected chi connectivity index (χ4v) is 4.54. The molecule has 5 nitrogen and oxygen atoms in total. The molecule has 0 radical (unpaired) electrons. The van der Waals surface area contributed by atoms with Gasteiger partial charge in [0.25, 0.3) is 0 Å². The maximum Gasteiger partial charge on any atom is 0.244 e. The van der Waals surface area contributed by atoms with Crippen LogP contribution in [0.4, 0.5) is 0 Å². The standard InChI is InChI=1S/C20H24N2O3S/c1-14-9-10-18(25-4)19(11-14)26(23,24)22-13-20(2,3)16-12-21-17-8-6-5-7-15(16)17/h5-12,21-22H,13H2,1-4H3. The van der Waals surface area contributed by atoms with E-state index in [4.69, 9.17) is 4.74 Å². The van der Waals surface area contributed by atoms with Crippen molar-refractivity contribution in [2.45, 2.75) is 31.1 Å². The molecule has 3 aromatic rings. The normalized spacial score (nSPS) is 12.5. The number of sulfonamides is 1. The predicted molar refractivity (Wildman–Crippen MR) is 104 cm³/mol. The first-order chi connectivity index (χ1) is 12.2. The van der Waals surface area contributed by atoms with E-state index >= 15 is 0 Å². The summed E-state index contributed by atoms with van der Waals surface area (Å²) < 4.78 is 33.7. The molecule has 0 atom stereocenters. The fraction of sp³-hybridized carbons (Fsp3) is 0.300. The van der Waals surface area contributed by atoms with E-state index in [0.29, 0.717) is 5.75 Å². The van der Waals surface area contributed by atoms with Crippen molar-refractivity contribution < 1.29 is 13.2 Å². The van der Waals surface area contributed by atoms with Crippen molar-refractivity contribution in [1.29, 1.82) is 0 Å². The quantitative estimate of drug-likeness (QED) is 0.692. The van der Waals surface area contributed by atoms with Crippen molar-refractivity contribution in [2.75, 3.05) is 13.7 Å². The Balaban J connectivity index is 1.88. The van der Waals surface area contributed by atoms with Gasteiger partial charge in [0, 0.05) is 29.1 Å². The minimum absolute atomic E-state index is 0.162. The number of hydrogen-bond donors (Lipinski definition) is 2. The third-order valence-electron chi connectivity index (χ3n) is 4.63. The van der Waals surface area contributed by atoms with Crippen molar-refractivity contribution >= 4 is 20.9 Å². The molecule has 0 aliphatic carbocycles. The highest BCUT2D eigenvalue weighted by Crippen LogP contribution is 2.31. The Kier molecular flexibility index (Phi) is 4.82. The molecular formula is C20H24N2O3S. The van der Waals surface area contributed by atoms with E-state index in [9.17, 15) is 8.42 Å². The van der Waals surface area contributed by atoms with E-state index < -0.39 is 10.0 Å². The third-order valence-corrected chi connectivity index (χ3v) is 6.05. The lowest BCUT2D eigenvalue weighted by Gasteiger charge is -2.25. The number of ether oxygens (including phenoxy) is 1. The van der Waals surface area contributed by atoms with Crippen LogP contribution in [0.15, 0.2) is 53.6 Å². The number of para-hydroxylation sites is 1. The number of hydrogen-bond acceptors (Lipinski definition) is 3. The van der Waals surface area contributed by atoms with Gasteiger partial charge in [-0.15, -0.1) is 0 Å². The number of benzene rings is 2. The van der Waals surface area contributed by atoms with Crippen LogP contribution in [-0.4, -0.2) is 27.1 Å². The summed E-state index contributed by atoms with van der Waals surface area (Å²) in [4.78, 5) is 3.41. The second-order valence-electron chi connectivity index (χ2n) is 7.11. The van der Waals surface area contributed by atoms with Crippen molar-refractivity contribution in [2.24, 2.45) is 0 Å². The van der Waals surface area contributed by atoms with Gasteiger partial charge in [-0.1, -0.05) is 38.1 Å². The van der Waals surface area contributed by atoms with E-state index in [2.05, 4.69) is 9.71 Å². The van der Waals surface area contributed by atoms with Gasteiger partial charge in [-0.05, 0) is 36.2 Å². The molecule has 0 saturated carbocycles. The van der Waals surface area contributed by atoms with E-state index in [1.54, 1.807) is 12.1 Å². The van der Waals surface area contributed by atoms with Crippen LogP contribution >= 0.6 is 0 Å². The van der Waals surface area contributed by atoms with Crippen molar-refractivity contribution in [1.82, 2.24) is 9.71 Å². The van der Waals surface area contributed by atoms with Gasteiger partial charge in [0.05, 0.1) is 7.11 Å². The van der Waals surface area contributed by atoms with Gasteiger partial charge in [0.2, 0.25) is 10.0 Å². The SMILES string of the molecule is COc1ccc(C)cc1S(=O)(=O)NCC(C)(C)c1c[nH]c2ccccc12. The summed E-state index contributed by atoms with van der Waals surface area (Å²) in [5, 5.41) is 1.10. The second-order valence-corrected chi connectivity index (χ2v) is 8.85. The van der Waals surface area contributed by atoms with Gasteiger partial charge in [0.15, 0.2) is 0 Å². The van der Waals surface area contributed by atoms with Gasteiger partial charge in [0.1, 0.15) is 10.6 Å². The van der Waals surface area contributed by atoms with Gasteiger partial charge < -0.3 is 9.72 Å². The fourth-order valence-electron chi connectivity index (χ4n) is 3.07. The zero-order valence-electron chi connectivity index (χ0n) is 15.5. The summed E-state index contributed by atoms with van der Waals surface area (Å²) in [7, 11) is -2.22. The summed E-state index contributed by atoms with van der Waals surface area (Å²) >= 11 is 0. The lowest BCUT2D eigenvalue weighted by Crippen LogP contribution is -2.36. The molecule has 0 unspecified atom stereocenters. The first kappa shape index (κ1) is 18.5. The molecule has 0 spiro atoms. The Morgan fingerprint density at radius 1 is 1.15 bits per heavy atom. The molecule has 0 aliphatic heterocycles. The smallest absolute Gasteiger partial charge is 0.244 e. The lowest BCUT2D eigenvalue weighted by atomic mass is 9.85. The highest BCUT2D eigenvalue weighted by Gasteiger charge is 2.28. The Bertz CT molecular complexity index is 1040. The maximum atomic E-state index is 12.8. The molecule has 6 heteroatoms. The van der Waals surface area contributed by atoms with E-state index in [1.807, 2.05) is 57.3 Å². The number of nitrogens with one attached hydrogen (secondary N) is 2. The molecule has 0 aliphatic rings. The summed E-state index contributed by atoms with van der Waals surface area (Å²) in [6.07, 6.45) is 1.95. The topological polar surface area (TPSA) is 71.2 Å². The molecule has 0 saturated heterocycles. The molecular weight excluding hydrogens is 348 g/mol. The van der Waals surface area contributed by atoms with Crippen LogP contribution in [0.25, 0.3) is 10.9 Å². The van der Waals surface area contributed by atoms with Crippen molar-refractivity contribution in [3.63, 3.8) is 0 Å². The molecule has 0 bridgehead atoms. The van der Waals surface area contributed by atoms with E-state index in [0.717, 1.165) is 22.0 Å². The van der Waals surface area contributed by atoms with Gasteiger partial charge in [-0.3, -0.25) is 0 Å². The molecule has 2 N–H and O–H groups in total. The molecule has 138 valence electrons. The van der Waals surface area contributed by atoms with Crippen molar-refractivity contribution in [3.8, 4) is 5.75 Å².